The second kappa shape index (κ2) is 5.51. The maximum Gasteiger partial charge on any atom is 0.322 e. The summed E-state index contributed by atoms with van der Waals surface area (Å²) in [5.41, 5.74) is 0.927. The van der Waals surface area contributed by atoms with E-state index in [0.29, 0.717) is 0 Å². The fourth-order valence-corrected chi connectivity index (χ4v) is 1.51. The predicted molar refractivity (Wildman–Crippen MR) is 61.1 cm³/mol. The molecular weight excluding hydrogens is 206 g/mol. The van der Waals surface area contributed by atoms with Gasteiger partial charge in [-0.1, -0.05) is 12.1 Å². The van der Waals surface area contributed by atoms with Crippen molar-refractivity contribution in [3.05, 3.63) is 29.8 Å². The minimum atomic E-state index is -0.373. The Morgan fingerprint density at radius 1 is 1.44 bits per heavy atom. The molecule has 1 unspecified atom stereocenters. The molecule has 4 heteroatoms. The number of rotatable bonds is 4. The summed E-state index contributed by atoms with van der Waals surface area (Å²) in [5.74, 6) is -0.0797. The van der Waals surface area contributed by atoms with Crippen LogP contribution in [0, 0.1) is 0 Å². The molecule has 0 radical (unpaired) electrons. The van der Waals surface area contributed by atoms with E-state index in [1.165, 1.54) is 7.11 Å². The fourth-order valence-electron chi connectivity index (χ4n) is 1.51. The lowest BCUT2D eigenvalue weighted by Crippen LogP contribution is -2.36. The van der Waals surface area contributed by atoms with Gasteiger partial charge in [0.2, 0.25) is 0 Å². The number of hydrogen-bond acceptors (Lipinski definition) is 4. The van der Waals surface area contributed by atoms with Crippen LogP contribution in [0.3, 0.4) is 0 Å². The Labute approximate surface area is 95.2 Å². The van der Waals surface area contributed by atoms with Crippen LogP contribution in [0.5, 0.6) is 5.75 Å². The third kappa shape index (κ3) is 3.24. The molecule has 0 spiro atoms. The number of phenols is 1. The molecule has 2 N–H and O–H groups in total. The SMILES string of the molecule is COC(=O)[C@H](C)NC(C)c1cccc(O)c1. The van der Waals surface area contributed by atoms with Crippen LogP contribution in [0.15, 0.2) is 24.3 Å². The Balaban J connectivity index is 2.65. The van der Waals surface area contributed by atoms with Gasteiger partial charge in [0.15, 0.2) is 0 Å². The van der Waals surface area contributed by atoms with Crippen molar-refractivity contribution in [1.29, 1.82) is 0 Å². The third-order valence-electron chi connectivity index (χ3n) is 2.42. The first-order chi connectivity index (χ1) is 7.54. The number of nitrogens with one attached hydrogen (secondary N) is 1. The molecule has 0 saturated heterocycles. The lowest BCUT2D eigenvalue weighted by molar-refractivity contribution is -0.142. The monoisotopic (exact) mass is 223 g/mol. The number of ether oxygens (including phenoxy) is 1. The summed E-state index contributed by atoms with van der Waals surface area (Å²) >= 11 is 0. The van der Waals surface area contributed by atoms with Crippen molar-refractivity contribution >= 4 is 5.97 Å². The van der Waals surface area contributed by atoms with Gasteiger partial charge >= 0.3 is 5.97 Å². The highest BCUT2D eigenvalue weighted by atomic mass is 16.5. The van der Waals surface area contributed by atoms with E-state index in [1.54, 1.807) is 25.1 Å². The van der Waals surface area contributed by atoms with E-state index in [2.05, 4.69) is 10.1 Å². The van der Waals surface area contributed by atoms with Gasteiger partial charge in [-0.2, -0.15) is 0 Å². The molecule has 0 heterocycles. The summed E-state index contributed by atoms with van der Waals surface area (Å²) < 4.78 is 4.62. The Bertz CT molecular complexity index is 365. The molecule has 1 rings (SSSR count). The molecule has 88 valence electrons. The number of aromatic hydroxyl groups is 1. The van der Waals surface area contributed by atoms with Gasteiger partial charge in [0.05, 0.1) is 7.11 Å². The Kier molecular flexibility index (Phi) is 4.31. The lowest BCUT2D eigenvalue weighted by Gasteiger charge is -2.18. The summed E-state index contributed by atoms with van der Waals surface area (Å²) in [5, 5.41) is 12.4. The third-order valence-corrected chi connectivity index (χ3v) is 2.42. The summed E-state index contributed by atoms with van der Waals surface area (Å²) in [4.78, 5) is 11.2. The number of esters is 1. The number of carbonyl (C=O) groups is 1. The zero-order valence-electron chi connectivity index (χ0n) is 9.73. The predicted octanol–water partition coefficient (Wildman–Crippen LogP) is 1.60. The molecule has 0 aromatic heterocycles. The molecule has 0 aliphatic rings. The molecule has 4 nitrogen and oxygen atoms in total. The minimum Gasteiger partial charge on any atom is -0.508 e. The van der Waals surface area contributed by atoms with E-state index in [9.17, 15) is 9.90 Å². The van der Waals surface area contributed by atoms with Gasteiger partial charge in [0.25, 0.3) is 0 Å². The van der Waals surface area contributed by atoms with Gasteiger partial charge in [-0.05, 0) is 31.5 Å². The van der Waals surface area contributed by atoms with Crippen LogP contribution in [-0.2, 0) is 9.53 Å². The van der Waals surface area contributed by atoms with E-state index in [-0.39, 0.29) is 23.8 Å². The van der Waals surface area contributed by atoms with Gasteiger partial charge in [-0.25, -0.2) is 0 Å². The largest absolute Gasteiger partial charge is 0.508 e. The van der Waals surface area contributed by atoms with E-state index < -0.39 is 0 Å². The lowest BCUT2D eigenvalue weighted by atomic mass is 10.1. The van der Waals surface area contributed by atoms with Crippen LogP contribution in [0.25, 0.3) is 0 Å². The Morgan fingerprint density at radius 2 is 2.12 bits per heavy atom. The van der Waals surface area contributed by atoms with Gasteiger partial charge in [-0.3, -0.25) is 10.1 Å². The first-order valence-corrected chi connectivity index (χ1v) is 5.17. The van der Waals surface area contributed by atoms with Crippen molar-refractivity contribution in [3.63, 3.8) is 0 Å². The highest BCUT2D eigenvalue weighted by Crippen LogP contribution is 2.18. The van der Waals surface area contributed by atoms with Gasteiger partial charge in [0, 0.05) is 6.04 Å². The first kappa shape index (κ1) is 12.5. The summed E-state index contributed by atoms with van der Waals surface area (Å²) in [6.07, 6.45) is 0. The highest BCUT2D eigenvalue weighted by Gasteiger charge is 2.16. The summed E-state index contributed by atoms with van der Waals surface area (Å²) in [6, 6.07) is 6.54. The number of benzene rings is 1. The number of phenolic OH excluding ortho intramolecular Hbond substituents is 1. The van der Waals surface area contributed by atoms with Crippen LogP contribution in [-0.4, -0.2) is 24.2 Å². The van der Waals surface area contributed by atoms with Crippen LogP contribution in [0.4, 0.5) is 0 Å². The highest BCUT2D eigenvalue weighted by molar-refractivity contribution is 5.75. The van der Waals surface area contributed by atoms with Gasteiger partial charge in [0.1, 0.15) is 11.8 Å². The zero-order valence-corrected chi connectivity index (χ0v) is 9.73. The standard InChI is InChI=1S/C12H17NO3/c1-8(13-9(2)12(15)16-3)10-5-4-6-11(14)7-10/h4-9,13-14H,1-3H3/t8?,9-/m0/s1. The minimum absolute atomic E-state index is 0.0267. The van der Waals surface area contributed by atoms with Crippen molar-refractivity contribution < 1.29 is 14.6 Å². The molecular formula is C12H17NO3. The van der Waals surface area contributed by atoms with Crippen LogP contribution in [0.2, 0.25) is 0 Å². The van der Waals surface area contributed by atoms with Crippen molar-refractivity contribution in [1.82, 2.24) is 5.32 Å². The zero-order chi connectivity index (χ0) is 12.1. The number of methoxy groups -OCH3 is 1. The van der Waals surface area contributed by atoms with Crippen LogP contribution in [0.1, 0.15) is 25.5 Å². The molecule has 0 bridgehead atoms. The number of hydrogen-bond donors (Lipinski definition) is 2. The van der Waals surface area contributed by atoms with Crippen molar-refractivity contribution in [2.75, 3.05) is 7.11 Å². The summed E-state index contributed by atoms with van der Waals surface area (Å²) in [7, 11) is 1.36. The van der Waals surface area contributed by atoms with E-state index in [4.69, 9.17) is 0 Å². The molecule has 0 aliphatic carbocycles. The smallest absolute Gasteiger partial charge is 0.322 e. The second-order valence-corrected chi connectivity index (χ2v) is 3.73. The number of carbonyl (C=O) groups excluding carboxylic acids is 1. The molecule has 1 aromatic carbocycles. The maximum atomic E-state index is 11.2. The van der Waals surface area contributed by atoms with Crippen molar-refractivity contribution in [3.8, 4) is 5.75 Å². The first-order valence-electron chi connectivity index (χ1n) is 5.17. The average molecular weight is 223 g/mol. The van der Waals surface area contributed by atoms with E-state index >= 15 is 0 Å². The Morgan fingerprint density at radius 3 is 2.69 bits per heavy atom. The average Bonchev–Trinajstić information content (AvgIpc) is 2.27. The second-order valence-electron chi connectivity index (χ2n) is 3.73. The van der Waals surface area contributed by atoms with Gasteiger partial charge in [-0.15, -0.1) is 0 Å². The van der Waals surface area contributed by atoms with Crippen LogP contribution < -0.4 is 5.32 Å². The Hall–Kier alpha value is -1.55. The van der Waals surface area contributed by atoms with Crippen LogP contribution >= 0.6 is 0 Å². The summed E-state index contributed by atoms with van der Waals surface area (Å²) in [6.45, 7) is 3.67. The quantitative estimate of drug-likeness (QED) is 0.761. The normalized spacial score (nSPS) is 14.2. The molecule has 2 atom stereocenters. The molecule has 1 aromatic rings. The fraction of sp³-hybridized carbons (Fsp3) is 0.417. The van der Waals surface area contributed by atoms with Gasteiger partial charge < -0.3 is 9.84 Å². The topological polar surface area (TPSA) is 58.6 Å². The molecule has 0 fully saturated rings. The van der Waals surface area contributed by atoms with E-state index in [0.717, 1.165) is 5.56 Å². The molecule has 0 saturated carbocycles. The van der Waals surface area contributed by atoms with Crippen molar-refractivity contribution in [2.45, 2.75) is 25.9 Å². The van der Waals surface area contributed by atoms with E-state index in [1.807, 2.05) is 13.0 Å². The maximum absolute atomic E-state index is 11.2. The van der Waals surface area contributed by atoms with Crippen molar-refractivity contribution in [2.24, 2.45) is 0 Å². The molecule has 0 aliphatic heterocycles. The molecule has 16 heavy (non-hydrogen) atoms. The molecule has 0 amide bonds.